The van der Waals surface area contributed by atoms with Gasteiger partial charge in [0, 0.05) is 13.2 Å². The number of ether oxygens (including phenoxy) is 4. The van der Waals surface area contributed by atoms with Gasteiger partial charge in [-0.1, -0.05) is 181 Å². The summed E-state index contributed by atoms with van der Waals surface area (Å²) in [6, 6.07) is 0. The largest absolute Gasteiger partial charge is 0.756 e. The third kappa shape index (κ3) is 43.4. The van der Waals surface area contributed by atoms with E-state index >= 15 is 0 Å². The first kappa shape index (κ1) is 55.9. The van der Waals surface area contributed by atoms with Crippen LogP contribution in [0.4, 0.5) is 0 Å². The quantitative estimate of drug-likeness (QED) is 0.0364. The van der Waals surface area contributed by atoms with E-state index < -0.39 is 13.9 Å². The molecule has 0 aromatic heterocycles. The van der Waals surface area contributed by atoms with Crippen molar-refractivity contribution >= 4 is 7.82 Å². The summed E-state index contributed by atoms with van der Waals surface area (Å²) in [4.78, 5) is 12.7. The summed E-state index contributed by atoms with van der Waals surface area (Å²) in [6.45, 7) is 8.87. The molecule has 0 aliphatic carbocycles. The van der Waals surface area contributed by atoms with Crippen LogP contribution in [0.1, 0.15) is 194 Å². The highest BCUT2D eigenvalue weighted by molar-refractivity contribution is 7.45. The minimum atomic E-state index is -4.49. The van der Waals surface area contributed by atoms with Crippen molar-refractivity contribution in [1.82, 2.24) is 0 Å². The summed E-state index contributed by atoms with van der Waals surface area (Å²) in [7, 11) is -0.490. The predicted molar refractivity (Wildman–Crippen MR) is 231 cm³/mol. The Morgan fingerprint density at radius 2 is 0.857 bits per heavy atom. The molecule has 0 amide bonds. The first-order valence-electron chi connectivity index (χ1n) is 23.6. The molecule has 56 heavy (non-hydrogen) atoms. The van der Waals surface area contributed by atoms with Crippen LogP contribution < -0.4 is 4.89 Å². The number of hydrogen-bond donors (Lipinski definition) is 1. The molecule has 0 saturated carbocycles. The first-order valence-corrected chi connectivity index (χ1v) is 25.1. The highest BCUT2D eigenvalue weighted by Gasteiger charge is 2.20. The molecule has 0 aromatic carbocycles. The average Bonchev–Trinajstić information content (AvgIpc) is 3.17. The average molecular weight is 824 g/mol. The molecule has 0 aliphatic heterocycles. The molecule has 0 fully saturated rings. The molecule has 0 aromatic rings. The third-order valence-electron chi connectivity index (χ3n) is 10.6. The lowest BCUT2D eigenvalue weighted by Crippen LogP contribution is -2.44. The Hall–Kier alpha value is -0.130. The Morgan fingerprint density at radius 3 is 1.30 bits per heavy atom. The fraction of sp³-hybridized carbons (Fsp3) is 1.00. The van der Waals surface area contributed by atoms with Crippen LogP contribution in [0, 0.1) is 0 Å². The zero-order valence-corrected chi connectivity index (χ0v) is 38.4. The van der Waals surface area contributed by atoms with Crippen molar-refractivity contribution in [3.8, 4) is 0 Å². The smallest absolute Gasteiger partial charge is 0.268 e. The molecule has 0 aliphatic rings. The van der Waals surface area contributed by atoms with Gasteiger partial charge in [-0.2, -0.15) is 0 Å². The highest BCUT2D eigenvalue weighted by atomic mass is 31.2. The summed E-state index contributed by atoms with van der Waals surface area (Å²) in [5.74, 6) is 0. The van der Waals surface area contributed by atoms with E-state index in [2.05, 4.69) is 13.8 Å². The van der Waals surface area contributed by atoms with Crippen LogP contribution in [0.15, 0.2) is 0 Å². The van der Waals surface area contributed by atoms with Crippen LogP contribution in [0.3, 0.4) is 0 Å². The predicted octanol–water partition coefficient (Wildman–Crippen LogP) is 11.0. The Labute approximate surface area is 347 Å². The molecule has 0 heterocycles. The zero-order valence-electron chi connectivity index (χ0n) is 37.5. The van der Waals surface area contributed by atoms with Gasteiger partial charge in [0.25, 0.3) is 7.82 Å². The number of unbranched alkanes of at least 4 members (excludes halogenated alkanes) is 26. The summed E-state index contributed by atoms with van der Waals surface area (Å²) < 4.78 is 46.6. The fourth-order valence-electron chi connectivity index (χ4n) is 6.73. The Bertz CT molecular complexity index is 822. The van der Waals surface area contributed by atoms with Gasteiger partial charge in [-0.3, -0.25) is 4.57 Å². The molecule has 10 nitrogen and oxygen atoms in total. The van der Waals surface area contributed by atoms with E-state index in [1.807, 2.05) is 14.1 Å². The molecule has 0 radical (unpaired) electrons. The van der Waals surface area contributed by atoms with Crippen LogP contribution in [0.2, 0.25) is 0 Å². The minimum absolute atomic E-state index is 0.00222. The second-order valence-corrected chi connectivity index (χ2v) is 18.1. The van der Waals surface area contributed by atoms with Crippen molar-refractivity contribution in [2.75, 3.05) is 93.3 Å². The summed E-state index contributed by atoms with van der Waals surface area (Å²) >= 11 is 0. The second-order valence-electron chi connectivity index (χ2n) is 16.7. The molecule has 0 saturated heterocycles. The lowest BCUT2D eigenvalue weighted by molar-refractivity contribution is -0.890. The summed E-state index contributed by atoms with van der Waals surface area (Å²) in [5.41, 5.74) is 0. The van der Waals surface area contributed by atoms with Crippen molar-refractivity contribution in [1.29, 1.82) is 0 Å². The summed E-state index contributed by atoms with van der Waals surface area (Å²) in [5, 5.41) is 8.76. The molecule has 1 N–H and O–H groups in total. The lowest BCUT2D eigenvalue weighted by atomic mass is 10.0. The Kier molecular flexibility index (Phi) is 42.9. The van der Waals surface area contributed by atoms with E-state index in [0.717, 1.165) is 25.7 Å². The molecule has 0 rings (SSSR count). The maximum atomic E-state index is 12.7. The molecule has 0 bridgehead atoms. The van der Waals surface area contributed by atoms with Crippen molar-refractivity contribution in [3.05, 3.63) is 0 Å². The van der Waals surface area contributed by atoms with Gasteiger partial charge in [0.2, 0.25) is 0 Å². The number of rotatable bonds is 48. The monoisotopic (exact) mass is 824 g/mol. The molecule has 0 spiro atoms. The Balaban J connectivity index is 4.35. The molecule has 2 unspecified atom stereocenters. The highest BCUT2D eigenvalue weighted by Crippen LogP contribution is 2.38. The number of quaternary nitrogens is 1. The van der Waals surface area contributed by atoms with E-state index in [0.29, 0.717) is 63.8 Å². The lowest BCUT2D eigenvalue weighted by Gasteiger charge is -2.31. The van der Waals surface area contributed by atoms with E-state index in [-0.39, 0.29) is 19.8 Å². The Morgan fingerprint density at radius 1 is 0.464 bits per heavy atom. The number of hydrogen-bond acceptors (Lipinski definition) is 9. The fourth-order valence-corrected chi connectivity index (χ4v) is 7.45. The number of aliphatic hydroxyl groups excluding tert-OH is 1. The van der Waals surface area contributed by atoms with Gasteiger partial charge in [-0.25, -0.2) is 0 Å². The zero-order chi connectivity index (χ0) is 41.1. The van der Waals surface area contributed by atoms with Crippen molar-refractivity contribution < 1.29 is 47.0 Å². The van der Waals surface area contributed by atoms with Gasteiger partial charge in [0.05, 0.1) is 60.3 Å². The molecular formula is C45H94NO9P. The minimum Gasteiger partial charge on any atom is -0.756 e. The SMILES string of the molecule is CCCCCCCCCCCCCCCCOCC(COP(=O)([O-])OCC[N+](C)(C)CCOCCOCCO)OCCCCCCCCCCCCCCCC. The topological polar surface area (TPSA) is 116 Å². The molecule has 338 valence electrons. The number of nitrogens with zero attached hydrogens (tertiary/aromatic N) is 1. The number of phosphoric ester groups is 1. The van der Waals surface area contributed by atoms with Crippen molar-refractivity contribution in [2.45, 2.75) is 200 Å². The van der Waals surface area contributed by atoms with Crippen LogP contribution in [0.5, 0.6) is 0 Å². The third-order valence-corrected chi connectivity index (χ3v) is 11.6. The van der Waals surface area contributed by atoms with Crippen LogP contribution in [0.25, 0.3) is 0 Å². The summed E-state index contributed by atoms with van der Waals surface area (Å²) in [6.07, 6.45) is 36.2. The van der Waals surface area contributed by atoms with Gasteiger partial charge in [0.15, 0.2) is 0 Å². The van der Waals surface area contributed by atoms with Crippen LogP contribution >= 0.6 is 7.82 Å². The van der Waals surface area contributed by atoms with Gasteiger partial charge in [0.1, 0.15) is 25.8 Å². The maximum absolute atomic E-state index is 12.7. The molecule has 11 heteroatoms. The number of aliphatic hydroxyl groups is 1. The van der Waals surface area contributed by atoms with Gasteiger partial charge in [-0.05, 0) is 12.8 Å². The van der Waals surface area contributed by atoms with Gasteiger partial charge < -0.3 is 42.5 Å². The van der Waals surface area contributed by atoms with Crippen molar-refractivity contribution in [3.63, 3.8) is 0 Å². The van der Waals surface area contributed by atoms with Gasteiger partial charge in [-0.15, -0.1) is 0 Å². The molecule has 2 atom stereocenters. The van der Waals surface area contributed by atoms with E-state index in [4.69, 9.17) is 33.1 Å². The number of phosphoric acid groups is 1. The maximum Gasteiger partial charge on any atom is 0.268 e. The normalized spacial score (nSPS) is 13.8. The van der Waals surface area contributed by atoms with Gasteiger partial charge >= 0.3 is 0 Å². The van der Waals surface area contributed by atoms with E-state index in [1.165, 1.54) is 154 Å². The molecular weight excluding hydrogens is 729 g/mol. The van der Waals surface area contributed by atoms with E-state index in [9.17, 15) is 9.46 Å². The first-order chi connectivity index (χ1) is 27.3. The van der Waals surface area contributed by atoms with Crippen molar-refractivity contribution in [2.24, 2.45) is 0 Å². The van der Waals surface area contributed by atoms with Crippen LogP contribution in [-0.2, 0) is 32.6 Å². The second kappa shape index (κ2) is 43.0. The standard InChI is InChI=1S/C45H94NO9P/c1-5-7-9-11-13-15-17-19-21-23-25-27-29-31-36-52-43-45(53-37-32-30-28-26-24-22-20-18-16-14-12-10-8-6-2)44-55-56(48,49)54-39-34-46(3,4)33-38-50-41-42-51-40-35-47/h45,47H,5-44H2,1-4H3. The van der Waals surface area contributed by atoms with Crippen LogP contribution in [-0.4, -0.2) is 109 Å². The van der Waals surface area contributed by atoms with E-state index in [1.54, 1.807) is 0 Å². The number of likely N-dealkylation sites (N-methyl/N-ethyl adjacent to an activating group) is 1.